The molecule has 1 aromatic rings. The van der Waals surface area contributed by atoms with Crippen molar-refractivity contribution < 1.29 is 4.79 Å². The molecule has 1 atom stereocenters. The number of nitrogen functional groups attached to an aromatic ring is 1. The van der Waals surface area contributed by atoms with Crippen LogP contribution in [0.25, 0.3) is 0 Å². The van der Waals surface area contributed by atoms with Gasteiger partial charge in [0.25, 0.3) is 0 Å². The summed E-state index contributed by atoms with van der Waals surface area (Å²) in [5, 5.41) is 3.31. The third kappa shape index (κ3) is 3.77. The third-order valence-electron chi connectivity index (χ3n) is 2.63. The maximum atomic E-state index is 12.1. The molecule has 1 rings (SSSR count). The Bertz CT molecular complexity index is 400. The van der Waals surface area contributed by atoms with Crippen molar-refractivity contribution in [1.29, 1.82) is 0 Å². The van der Waals surface area contributed by atoms with Crippen molar-refractivity contribution in [3.05, 3.63) is 17.3 Å². The first-order chi connectivity index (χ1) is 8.47. The van der Waals surface area contributed by atoms with Gasteiger partial charge in [0.2, 0.25) is 5.91 Å². The highest BCUT2D eigenvalue weighted by Gasteiger charge is 2.18. The second kappa shape index (κ2) is 6.44. The fourth-order valence-corrected chi connectivity index (χ4v) is 1.90. The van der Waals surface area contributed by atoms with Crippen LogP contribution in [0.3, 0.4) is 0 Å². The van der Waals surface area contributed by atoms with E-state index in [-0.39, 0.29) is 11.9 Å². The van der Waals surface area contributed by atoms with Gasteiger partial charge in [0.15, 0.2) is 0 Å². The molecule has 0 aliphatic heterocycles. The summed E-state index contributed by atoms with van der Waals surface area (Å²) >= 11 is 5.80. The molecule has 0 radical (unpaired) electrons. The summed E-state index contributed by atoms with van der Waals surface area (Å²) in [5.41, 5.74) is 6.18. The van der Waals surface area contributed by atoms with Crippen molar-refractivity contribution in [2.24, 2.45) is 0 Å². The number of nitrogens with two attached hydrogens (primary N) is 1. The van der Waals surface area contributed by atoms with Crippen LogP contribution in [-0.4, -0.2) is 34.9 Å². The molecule has 0 saturated carbocycles. The number of halogens is 1. The number of hydrogen-bond donors (Lipinski definition) is 2. The maximum absolute atomic E-state index is 12.1. The quantitative estimate of drug-likeness (QED) is 0.803. The Hall–Kier alpha value is -1.49. The van der Waals surface area contributed by atoms with Gasteiger partial charge in [0, 0.05) is 24.8 Å². The minimum atomic E-state index is -0.365. The maximum Gasteiger partial charge on any atom is 0.244 e. The molecule has 0 fully saturated rings. The summed E-state index contributed by atoms with van der Waals surface area (Å²) < 4.78 is 0. The Kier molecular flexibility index (Phi) is 5.22. The Morgan fingerprint density at radius 3 is 2.61 bits per heavy atom. The molecule has 1 heterocycles. The second-order valence-corrected chi connectivity index (χ2v) is 4.37. The van der Waals surface area contributed by atoms with Crippen LogP contribution in [-0.2, 0) is 4.79 Å². The number of anilines is 2. The summed E-state index contributed by atoms with van der Waals surface area (Å²) in [6.45, 7) is 7.06. The molecule has 1 aromatic heterocycles. The van der Waals surface area contributed by atoms with E-state index in [2.05, 4.69) is 10.3 Å². The van der Waals surface area contributed by atoms with Crippen molar-refractivity contribution >= 4 is 29.0 Å². The van der Waals surface area contributed by atoms with Crippen LogP contribution < -0.4 is 11.1 Å². The Balaban J connectivity index is 2.74. The van der Waals surface area contributed by atoms with Crippen molar-refractivity contribution in [3.63, 3.8) is 0 Å². The van der Waals surface area contributed by atoms with E-state index in [1.165, 1.54) is 0 Å². The zero-order valence-electron chi connectivity index (χ0n) is 10.9. The number of hydrogen-bond acceptors (Lipinski definition) is 4. The zero-order valence-corrected chi connectivity index (χ0v) is 11.7. The summed E-state index contributed by atoms with van der Waals surface area (Å²) in [6.07, 6.45) is 0. The van der Waals surface area contributed by atoms with E-state index in [4.69, 9.17) is 17.3 Å². The molecule has 18 heavy (non-hydrogen) atoms. The summed E-state index contributed by atoms with van der Waals surface area (Å²) in [6, 6.07) is 2.84. The van der Waals surface area contributed by atoms with E-state index in [9.17, 15) is 4.79 Å². The fraction of sp³-hybridized carbons (Fsp3) is 0.500. The average molecular weight is 271 g/mol. The molecule has 0 aromatic carbocycles. The van der Waals surface area contributed by atoms with E-state index in [1.807, 2.05) is 13.8 Å². The minimum Gasteiger partial charge on any atom is -0.399 e. The molecule has 100 valence electrons. The minimum absolute atomic E-state index is 0.0281. The first-order valence-corrected chi connectivity index (χ1v) is 6.34. The van der Waals surface area contributed by atoms with Crippen LogP contribution >= 0.6 is 11.6 Å². The number of amides is 1. The lowest BCUT2D eigenvalue weighted by Crippen LogP contribution is -2.41. The van der Waals surface area contributed by atoms with Crippen molar-refractivity contribution in [2.75, 3.05) is 24.1 Å². The number of likely N-dealkylation sites (N-methyl/N-ethyl adjacent to an activating group) is 1. The largest absolute Gasteiger partial charge is 0.399 e. The van der Waals surface area contributed by atoms with Gasteiger partial charge in [-0.1, -0.05) is 11.6 Å². The first-order valence-electron chi connectivity index (χ1n) is 5.96. The van der Waals surface area contributed by atoms with E-state index in [0.29, 0.717) is 29.7 Å². The predicted molar refractivity (Wildman–Crippen MR) is 74.7 cm³/mol. The molecule has 1 amide bonds. The molecule has 3 N–H and O–H groups in total. The van der Waals surface area contributed by atoms with Crippen molar-refractivity contribution in [1.82, 2.24) is 9.88 Å². The number of carbonyl (C=O) groups is 1. The monoisotopic (exact) mass is 270 g/mol. The Morgan fingerprint density at radius 2 is 2.11 bits per heavy atom. The first kappa shape index (κ1) is 14.6. The van der Waals surface area contributed by atoms with Gasteiger partial charge >= 0.3 is 0 Å². The molecule has 6 heteroatoms. The SMILES string of the molecule is CCN(CC)C(=O)C(C)Nc1cc(N)cc(Cl)n1. The van der Waals surface area contributed by atoms with Gasteiger partial charge in [-0.05, 0) is 26.8 Å². The van der Waals surface area contributed by atoms with Crippen LogP contribution in [0.2, 0.25) is 5.15 Å². The van der Waals surface area contributed by atoms with Crippen LogP contribution in [0.1, 0.15) is 20.8 Å². The van der Waals surface area contributed by atoms with E-state index >= 15 is 0 Å². The zero-order chi connectivity index (χ0) is 13.7. The number of nitrogens with zero attached hydrogens (tertiary/aromatic N) is 2. The molecule has 0 bridgehead atoms. The molecule has 0 spiro atoms. The van der Waals surface area contributed by atoms with Gasteiger partial charge in [0.05, 0.1) is 0 Å². The number of pyridine rings is 1. The van der Waals surface area contributed by atoms with Crippen LogP contribution in [0.5, 0.6) is 0 Å². The van der Waals surface area contributed by atoms with Gasteiger partial charge in [-0.3, -0.25) is 4.79 Å². The van der Waals surface area contributed by atoms with E-state index in [1.54, 1.807) is 24.0 Å². The van der Waals surface area contributed by atoms with Gasteiger partial charge in [-0.15, -0.1) is 0 Å². The summed E-state index contributed by atoms with van der Waals surface area (Å²) in [4.78, 5) is 17.9. The Labute approximate surface area is 112 Å². The number of aromatic nitrogens is 1. The lowest BCUT2D eigenvalue weighted by molar-refractivity contribution is -0.131. The normalized spacial score (nSPS) is 12.0. The van der Waals surface area contributed by atoms with Crippen molar-refractivity contribution in [2.45, 2.75) is 26.8 Å². The van der Waals surface area contributed by atoms with Gasteiger partial charge in [-0.25, -0.2) is 4.98 Å². The second-order valence-electron chi connectivity index (χ2n) is 3.98. The van der Waals surface area contributed by atoms with Crippen molar-refractivity contribution in [3.8, 4) is 0 Å². The molecular formula is C12H19ClN4O. The lowest BCUT2D eigenvalue weighted by Gasteiger charge is -2.23. The smallest absolute Gasteiger partial charge is 0.244 e. The molecular weight excluding hydrogens is 252 g/mol. The fourth-order valence-electron chi connectivity index (χ4n) is 1.68. The summed E-state index contributed by atoms with van der Waals surface area (Å²) in [5.74, 6) is 0.536. The molecule has 0 saturated heterocycles. The molecule has 5 nitrogen and oxygen atoms in total. The lowest BCUT2D eigenvalue weighted by atomic mass is 10.2. The van der Waals surface area contributed by atoms with Crippen LogP contribution in [0.4, 0.5) is 11.5 Å². The summed E-state index contributed by atoms with van der Waals surface area (Å²) in [7, 11) is 0. The highest BCUT2D eigenvalue weighted by atomic mass is 35.5. The third-order valence-corrected chi connectivity index (χ3v) is 2.82. The Morgan fingerprint density at radius 1 is 1.50 bits per heavy atom. The van der Waals surface area contributed by atoms with Crippen LogP contribution in [0.15, 0.2) is 12.1 Å². The van der Waals surface area contributed by atoms with Gasteiger partial charge in [0.1, 0.15) is 17.0 Å². The predicted octanol–water partition coefficient (Wildman–Crippen LogP) is 1.99. The van der Waals surface area contributed by atoms with Gasteiger partial charge in [-0.2, -0.15) is 0 Å². The van der Waals surface area contributed by atoms with Gasteiger partial charge < -0.3 is 16.0 Å². The van der Waals surface area contributed by atoms with Crippen LogP contribution in [0, 0.1) is 0 Å². The standard InChI is InChI=1S/C12H19ClN4O/c1-4-17(5-2)12(18)8(3)15-11-7-9(14)6-10(13)16-11/h6-8H,4-5H2,1-3H3,(H3,14,15,16). The number of nitrogens with one attached hydrogen (secondary N) is 1. The van der Waals surface area contributed by atoms with E-state index < -0.39 is 0 Å². The highest BCUT2D eigenvalue weighted by Crippen LogP contribution is 2.16. The molecule has 0 aliphatic carbocycles. The molecule has 1 unspecified atom stereocenters. The molecule has 0 aliphatic rings. The average Bonchev–Trinajstić information content (AvgIpc) is 2.28. The van der Waals surface area contributed by atoms with E-state index in [0.717, 1.165) is 0 Å². The number of carbonyl (C=O) groups excluding carboxylic acids is 1. The highest BCUT2D eigenvalue weighted by molar-refractivity contribution is 6.29. The topological polar surface area (TPSA) is 71.2 Å². The number of rotatable bonds is 5.